The van der Waals surface area contributed by atoms with Gasteiger partial charge in [0.25, 0.3) is 0 Å². The largest absolute Gasteiger partial charge is 0.573 e. The summed E-state index contributed by atoms with van der Waals surface area (Å²) in [5.74, 6) is 1.12. The van der Waals surface area contributed by atoms with Crippen molar-refractivity contribution in [2.24, 2.45) is 10.7 Å². The lowest BCUT2D eigenvalue weighted by molar-refractivity contribution is -0.274. The van der Waals surface area contributed by atoms with E-state index < -0.39 is 6.36 Å². The van der Waals surface area contributed by atoms with Crippen LogP contribution in [-0.4, -0.2) is 26.4 Å². The van der Waals surface area contributed by atoms with Crippen molar-refractivity contribution in [3.8, 4) is 17.2 Å². The average Bonchev–Trinajstić information content (AvgIpc) is 2.58. The number of nitrogens with zero attached hydrogens (tertiary/aromatic N) is 1. The number of nitrogens with two attached hydrogens (primary N) is 1. The molecule has 0 unspecified atom stereocenters. The molecule has 0 heterocycles. The highest BCUT2D eigenvalue weighted by Crippen LogP contribution is 2.25. The third kappa shape index (κ3) is 5.30. The molecule has 0 saturated heterocycles. The van der Waals surface area contributed by atoms with Crippen molar-refractivity contribution < 1.29 is 27.4 Å². The van der Waals surface area contributed by atoms with Crippen molar-refractivity contribution in [1.82, 2.24) is 0 Å². The minimum Gasteiger partial charge on any atom is -0.497 e. The van der Waals surface area contributed by atoms with E-state index in [1.54, 1.807) is 25.3 Å². The zero-order valence-electron chi connectivity index (χ0n) is 13.6. The van der Waals surface area contributed by atoms with Crippen LogP contribution in [0.1, 0.15) is 11.1 Å². The standard InChI is InChI=1S/C17H17F3N2O3/c1-23-14-8-5-12(15(9-14)24-2)10-22-16(21)11-3-6-13(7-4-11)25-17(18,19)20/h3-9H,10H2,1-2H3,(H2,21,22). The van der Waals surface area contributed by atoms with Gasteiger partial charge in [0.2, 0.25) is 0 Å². The number of hydrogen-bond acceptors (Lipinski definition) is 4. The molecular formula is C17H17F3N2O3. The second-order valence-corrected chi connectivity index (χ2v) is 4.95. The summed E-state index contributed by atoms with van der Waals surface area (Å²) in [4.78, 5) is 4.24. The number of methoxy groups -OCH3 is 2. The molecule has 0 atom stereocenters. The fourth-order valence-electron chi connectivity index (χ4n) is 2.07. The van der Waals surface area contributed by atoms with E-state index in [1.807, 2.05) is 0 Å². The Kier molecular flexibility index (Phi) is 5.74. The summed E-state index contributed by atoms with van der Waals surface area (Å²) in [6, 6.07) is 10.5. The molecule has 5 nitrogen and oxygen atoms in total. The van der Waals surface area contributed by atoms with Crippen molar-refractivity contribution in [3.63, 3.8) is 0 Å². The number of alkyl halides is 3. The first-order valence-corrected chi connectivity index (χ1v) is 7.19. The van der Waals surface area contributed by atoms with Gasteiger partial charge in [-0.05, 0) is 36.4 Å². The fraction of sp³-hybridized carbons (Fsp3) is 0.235. The summed E-state index contributed by atoms with van der Waals surface area (Å²) in [5, 5.41) is 0. The van der Waals surface area contributed by atoms with Crippen molar-refractivity contribution in [1.29, 1.82) is 0 Å². The average molecular weight is 354 g/mol. The van der Waals surface area contributed by atoms with Gasteiger partial charge in [0, 0.05) is 17.2 Å². The lowest BCUT2D eigenvalue weighted by Crippen LogP contribution is -2.17. The molecule has 0 spiro atoms. The fourth-order valence-corrected chi connectivity index (χ4v) is 2.07. The molecule has 134 valence electrons. The van der Waals surface area contributed by atoms with Gasteiger partial charge in [-0.15, -0.1) is 13.2 Å². The Hall–Kier alpha value is -2.90. The summed E-state index contributed by atoms with van der Waals surface area (Å²) < 4.78 is 50.6. The molecule has 0 aliphatic rings. The van der Waals surface area contributed by atoms with Crippen molar-refractivity contribution >= 4 is 5.84 Å². The van der Waals surface area contributed by atoms with Gasteiger partial charge in [-0.3, -0.25) is 4.99 Å². The Morgan fingerprint density at radius 1 is 1.00 bits per heavy atom. The molecule has 0 aliphatic heterocycles. The normalized spacial score (nSPS) is 12.0. The quantitative estimate of drug-likeness (QED) is 0.637. The van der Waals surface area contributed by atoms with Crippen LogP contribution in [0.3, 0.4) is 0 Å². The van der Waals surface area contributed by atoms with Gasteiger partial charge in [-0.25, -0.2) is 0 Å². The molecule has 0 aliphatic carbocycles. The monoisotopic (exact) mass is 354 g/mol. The number of halogens is 3. The number of aliphatic imine (C=N–C) groups is 1. The summed E-state index contributed by atoms with van der Waals surface area (Å²) >= 11 is 0. The molecule has 0 radical (unpaired) electrons. The Morgan fingerprint density at radius 2 is 1.64 bits per heavy atom. The molecule has 2 N–H and O–H groups in total. The Labute approximate surface area is 142 Å². The van der Waals surface area contributed by atoms with Crippen LogP contribution in [0.4, 0.5) is 13.2 Å². The van der Waals surface area contributed by atoms with Crippen molar-refractivity contribution in [2.75, 3.05) is 14.2 Å². The highest BCUT2D eigenvalue weighted by atomic mass is 19.4. The van der Waals surface area contributed by atoms with Crippen LogP contribution in [0.2, 0.25) is 0 Å². The topological polar surface area (TPSA) is 66.1 Å². The van der Waals surface area contributed by atoms with E-state index in [2.05, 4.69) is 9.73 Å². The van der Waals surface area contributed by atoms with E-state index in [0.29, 0.717) is 17.1 Å². The third-order valence-electron chi connectivity index (χ3n) is 3.30. The lowest BCUT2D eigenvalue weighted by Gasteiger charge is -2.10. The van der Waals surface area contributed by atoms with E-state index in [9.17, 15) is 13.2 Å². The van der Waals surface area contributed by atoms with E-state index in [4.69, 9.17) is 15.2 Å². The van der Waals surface area contributed by atoms with Crippen LogP contribution < -0.4 is 19.9 Å². The van der Waals surface area contributed by atoms with Gasteiger partial charge >= 0.3 is 6.36 Å². The van der Waals surface area contributed by atoms with E-state index in [-0.39, 0.29) is 18.1 Å². The van der Waals surface area contributed by atoms with E-state index in [0.717, 1.165) is 5.56 Å². The smallest absolute Gasteiger partial charge is 0.497 e. The molecule has 0 saturated carbocycles. The first kappa shape index (κ1) is 18.4. The van der Waals surface area contributed by atoms with Crippen LogP contribution in [0, 0.1) is 0 Å². The highest BCUT2D eigenvalue weighted by molar-refractivity contribution is 5.97. The molecule has 0 fully saturated rings. The molecular weight excluding hydrogens is 337 g/mol. The molecule has 0 aromatic heterocycles. The van der Waals surface area contributed by atoms with Crippen LogP contribution in [0.25, 0.3) is 0 Å². The maximum absolute atomic E-state index is 12.1. The Morgan fingerprint density at radius 3 is 2.20 bits per heavy atom. The number of ether oxygens (including phenoxy) is 3. The van der Waals surface area contributed by atoms with Crippen LogP contribution in [0.5, 0.6) is 17.2 Å². The van der Waals surface area contributed by atoms with Gasteiger partial charge in [0.1, 0.15) is 23.1 Å². The van der Waals surface area contributed by atoms with Crippen LogP contribution in [-0.2, 0) is 6.54 Å². The predicted molar refractivity (Wildman–Crippen MR) is 87.1 cm³/mol. The maximum atomic E-state index is 12.1. The van der Waals surface area contributed by atoms with Gasteiger partial charge in [0.15, 0.2) is 0 Å². The zero-order valence-corrected chi connectivity index (χ0v) is 13.6. The Bertz CT molecular complexity index is 744. The molecule has 2 aromatic rings. The lowest BCUT2D eigenvalue weighted by atomic mass is 10.1. The van der Waals surface area contributed by atoms with E-state index >= 15 is 0 Å². The zero-order chi connectivity index (χ0) is 18.4. The summed E-state index contributed by atoms with van der Waals surface area (Å²) in [5.41, 5.74) is 7.17. The molecule has 0 bridgehead atoms. The summed E-state index contributed by atoms with van der Waals surface area (Å²) in [6.07, 6.45) is -4.73. The minimum absolute atomic E-state index is 0.191. The van der Waals surface area contributed by atoms with Gasteiger partial charge in [-0.1, -0.05) is 0 Å². The predicted octanol–water partition coefficient (Wildman–Crippen LogP) is 3.51. The number of benzene rings is 2. The van der Waals surface area contributed by atoms with Gasteiger partial charge in [-0.2, -0.15) is 0 Å². The van der Waals surface area contributed by atoms with Crippen LogP contribution in [0.15, 0.2) is 47.5 Å². The van der Waals surface area contributed by atoms with Crippen LogP contribution >= 0.6 is 0 Å². The maximum Gasteiger partial charge on any atom is 0.573 e. The highest BCUT2D eigenvalue weighted by Gasteiger charge is 2.30. The first-order valence-electron chi connectivity index (χ1n) is 7.19. The molecule has 0 amide bonds. The van der Waals surface area contributed by atoms with Gasteiger partial charge in [0.05, 0.1) is 20.8 Å². The van der Waals surface area contributed by atoms with Crippen molar-refractivity contribution in [2.45, 2.75) is 12.9 Å². The summed E-state index contributed by atoms with van der Waals surface area (Å²) in [6.45, 7) is 0.250. The number of hydrogen-bond donors (Lipinski definition) is 1. The summed E-state index contributed by atoms with van der Waals surface area (Å²) in [7, 11) is 3.08. The molecule has 8 heteroatoms. The number of rotatable bonds is 6. The van der Waals surface area contributed by atoms with Gasteiger partial charge < -0.3 is 19.9 Å². The number of amidine groups is 1. The molecule has 25 heavy (non-hydrogen) atoms. The third-order valence-corrected chi connectivity index (χ3v) is 3.30. The SMILES string of the molecule is COc1ccc(CN=C(N)c2ccc(OC(F)(F)F)cc2)c(OC)c1. The van der Waals surface area contributed by atoms with E-state index in [1.165, 1.54) is 31.4 Å². The minimum atomic E-state index is -4.73. The second kappa shape index (κ2) is 7.78. The Balaban J connectivity index is 2.11. The first-order chi connectivity index (χ1) is 11.8. The second-order valence-electron chi connectivity index (χ2n) is 4.95. The molecule has 2 aromatic carbocycles. The van der Waals surface area contributed by atoms with Crippen molar-refractivity contribution in [3.05, 3.63) is 53.6 Å². The molecule has 2 rings (SSSR count).